The lowest BCUT2D eigenvalue weighted by Crippen LogP contribution is -2.49. The minimum atomic E-state index is -0.709. The van der Waals surface area contributed by atoms with Gasteiger partial charge in [-0.15, -0.1) is 0 Å². The summed E-state index contributed by atoms with van der Waals surface area (Å²) in [6, 6.07) is 0. The normalized spacial score (nSPS) is 25.0. The Morgan fingerprint density at radius 1 is 1.19 bits per heavy atom. The molecule has 0 unspecified atom stereocenters. The maximum Gasteiger partial charge on any atom is 0.236 e. The highest BCUT2D eigenvalue weighted by Crippen LogP contribution is 2.40. The lowest BCUT2D eigenvalue weighted by atomic mass is 9.83. The van der Waals surface area contributed by atoms with Gasteiger partial charge in [0.2, 0.25) is 5.91 Å². The van der Waals surface area contributed by atoms with E-state index in [1.165, 1.54) is 0 Å². The molecule has 90 valence electrons. The Balaban J connectivity index is 2.21. The van der Waals surface area contributed by atoms with Gasteiger partial charge in [0.05, 0.1) is 0 Å². The zero-order valence-corrected chi connectivity index (χ0v) is 9.48. The number of amides is 1. The number of nitrogens with two attached hydrogens (primary N) is 1. The van der Waals surface area contributed by atoms with Crippen LogP contribution in [-0.4, -0.2) is 34.9 Å². The van der Waals surface area contributed by atoms with Crippen LogP contribution in [0.3, 0.4) is 0 Å². The first kappa shape index (κ1) is 11.2. The number of rotatable bonds is 2. The standard InChI is InChI=1S/C11H19N3O2/c12-9(13-16)11(5-1-2-6-11)10(15)14-7-3-4-8-14/h16H,1-8H2,(H2,12,13). The highest BCUT2D eigenvalue weighted by atomic mass is 16.4. The molecular weight excluding hydrogens is 206 g/mol. The molecular formula is C11H19N3O2. The maximum absolute atomic E-state index is 12.4. The van der Waals surface area contributed by atoms with E-state index in [4.69, 9.17) is 10.9 Å². The predicted octanol–water partition coefficient (Wildman–Crippen LogP) is 0.916. The summed E-state index contributed by atoms with van der Waals surface area (Å²) in [5, 5.41) is 11.9. The molecule has 0 aromatic heterocycles. The summed E-state index contributed by atoms with van der Waals surface area (Å²) < 4.78 is 0. The molecule has 5 nitrogen and oxygen atoms in total. The average molecular weight is 225 g/mol. The van der Waals surface area contributed by atoms with Crippen LogP contribution < -0.4 is 5.73 Å². The van der Waals surface area contributed by atoms with Gasteiger partial charge < -0.3 is 15.8 Å². The third kappa shape index (κ3) is 1.64. The molecule has 0 spiro atoms. The zero-order valence-electron chi connectivity index (χ0n) is 9.48. The molecule has 5 heteroatoms. The van der Waals surface area contributed by atoms with Crippen LogP contribution in [0.2, 0.25) is 0 Å². The first-order valence-electron chi connectivity index (χ1n) is 5.98. The van der Waals surface area contributed by atoms with Crippen LogP contribution in [-0.2, 0) is 4.79 Å². The van der Waals surface area contributed by atoms with E-state index in [0.717, 1.165) is 51.6 Å². The molecule has 3 N–H and O–H groups in total. The fraction of sp³-hybridized carbons (Fsp3) is 0.818. The molecule has 0 radical (unpaired) electrons. The lowest BCUT2D eigenvalue weighted by molar-refractivity contribution is -0.137. The summed E-state index contributed by atoms with van der Waals surface area (Å²) >= 11 is 0. The molecule has 1 saturated heterocycles. The molecule has 1 heterocycles. The molecule has 2 aliphatic rings. The first-order valence-corrected chi connectivity index (χ1v) is 5.98. The summed E-state index contributed by atoms with van der Waals surface area (Å²) in [6.07, 6.45) is 5.54. The fourth-order valence-electron chi connectivity index (χ4n) is 2.88. The van der Waals surface area contributed by atoms with E-state index in [2.05, 4.69) is 5.16 Å². The van der Waals surface area contributed by atoms with Crippen LogP contribution in [0.1, 0.15) is 38.5 Å². The molecule has 2 rings (SSSR count). The lowest BCUT2D eigenvalue weighted by Gasteiger charge is -2.30. The monoisotopic (exact) mass is 225 g/mol. The van der Waals surface area contributed by atoms with E-state index in [1.54, 1.807) is 0 Å². The van der Waals surface area contributed by atoms with Crippen molar-refractivity contribution >= 4 is 11.7 Å². The molecule has 0 aromatic rings. The third-order valence-electron chi connectivity index (χ3n) is 3.86. The van der Waals surface area contributed by atoms with Gasteiger partial charge in [0, 0.05) is 13.1 Å². The van der Waals surface area contributed by atoms with Gasteiger partial charge in [-0.25, -0.2) is 0 Å². The van der Waals surface area contributed by atoms with Crippen molar-refractivity contribution in [3.63, 3.8) is 0 Å². The maximum atomic E-state index is 12.4. The van der Waals surface area contributed by atoms with Crippen molar-refractivity contribution in [2.45, 2.75) is 38.5 Å². The van der Waals surface area contributed by atoms with Crippen LogP contribution in [0, 0.1) is 5.41 Å². The number of amidine groups is 1. The van der Waals surface area contributed by atoms with Gasteiger partial charge in [-0.05, 0) is 25.7 Å². The number of nitrogens with zero attached hydrogens (tertiary/aromatic N) is 2. The van der Waals surface area contributed by atoms with Crippen molar-refractivity contribution in [3.05, 3.63) is 0 Å². The van der Waals surface area contributed by atoms with Crippen LogP contribution in [0.5, 0.6) is 0 Å². The summed E-state index contributed by atoms with van der Waals surface area (Å²) in [7, 11) is 0. The zero-order chi connectivity index (χ0) is 11.6. The summed E-state index contributed by atoms with van der Waals surface area (Å²) in [4.78, 5) is 14.3. The molecule has 0 aromatic carbocycles. The number of likely N-dealkylation sites (tertiary alicyclic amines) is 1. The topological polar surface area (TPSA) is 78.9 Å². The van der Waals surface area contributed by atoms with Crippen molar-refractivity contribution in [1.82, 2.24) is 4.90 Å². The number of hydrogen-bond donors (Lipinski definition) is 2. The predicted molar refractivity (Wildman–Crippen MR) is 60.1 cm³/mol. The molecule has 0 atom stereocenters. The minimum absolute atomic E-state index is 0.0674. The number of oxime groups is 1. The third-order valence-corrected chi connectivity index (χ3v) is 3.86. The Bertz CT molecular complexity index is 302. The molecule has 2 fully saturated rings. The van der Waals surface area contributed by atoms with Crippen molar-refractivity contribution in [2.24, 2.45) is 16.3 Å². The average Bonchev–Trinajstić information content (AvgIpc) is 2.98. The Morgan fingerprint density at radius 2 is 1.75 bits per heavy atom. The second kappa shape index (κ2) is 4.31. The van der Waals surface area contributed by atoms with Crippen molar-refractivity contribution in [2.75, 3.05) is 13.1 Å². The Morgan fingerprint density at radius 3 is 2.25 bits per heavy atom. The number of carbonyl (C=O) groups is 1. The van der Waals surface area contributed by atoms with E-state index in [0.29, 0.717) is 0 Å². The van der Waals surface area contributed by atoms with Crippen LogP contribution in [0.4, 0.5) is 0 Å². The van der Waals surface area contributed by atoms with Gasteiger partial charge in [-0.1, -0.05) is 18.0 Å². The molecule has 16 heavy (non-hydrogen) atoms. The highest BCUT2D eigenvalue weighted by Gasteiger charge is 2.47. The summed E-state index contributed by atoms with van der Waals surface area (Å²) in [5.74, 6) is 0.166. The second-order valence-electron chi connectivity index (χ2n) is 4.77. The van der Waals surface area contributed by atoms with Gasteiger partial charge >= 0.3 is 0 Å². The van der Waals surface area contributed by atoms with E-state index >= 15 is 0 Å². The van der Waals surface area contributed by atoms with Gasteiger partial charge in [0.15, 0.2) is 5.84 Å². The number of hydrogen-bond acceptors (Lipinski definition) is 3. The van der Waals surface area contributed by atoms with Gasteiger partial charge in [0.1, 0.15) is 5.41 Å². The van der Waals surface area contributed by atoms with E-state index in [9.17, 15) is 4.79 Å². The van der Waals surface area contributed by atoms with Crippen molar-refractivity contribution in [3.8, 4) is 0 Å². The first-order chi connectivity index (χ1) is 7.70. The summed E-state index contributed by atoms with van der Waals surface area (Å²) in [5.41, 5.74) is 5.03. The minimum Gasteiger partial charge on any atom is -0.409 e. The van der Waals surface area contributed by atoms with Crippen LogP contribution in [0.15, 0.2) is 5.16 Å². The molecule has 1 saturated carbocycles. The molecule has 0 bridgehead atoms. The SMILES string of the molecule is NC(=NO)C1(C(=O)N2CCCC2)CCCC1. The Hall–Kier alpha value is -1.26. The van der Waals surface area contributed by atoms with Gasteiger partial charge in [-0.3, -0.25) is 4.79 Å². The van der Waals surface area contributed by atoms with Crippen LogP contribution >= 0.6 is 0 Å². The van der Waals surface area contributed by atoms with Crippen molar-refractivity contribution < 1.29 is 10.0 Å². The van der Waals surface area contributed by atoms with Crippen molar-refractivity contribution in [1.29, 1.82) is 0 Å². The number of carbonyl (C=O) groups excluding carboxylic acids is 1. The molecule has 1 amide bonds. The molecule has 1 aliphatic carbocycles. The second-order valence-corrected chi connectivity index (χ2v) is 4.77. The smallest absolute Gasteiger partial charge is 0.236 e. The van der Waals surface area contributed by atoms with Gasteiger partial charge in [0.25, 0.3) is 0 Å². The van der Waals surface area contributed by atoms with E-state index < -0.39 is 5.41 Å². The highest BCUT2D eigenvalue weighted by molar-refractivity contribution is 6.07. The largest absolute Gasteiger partial charge is 0.409 e. The van der Waals surface area contributed by atoms with Gasteiger partial charge in [-0.2, -0.15) is 0 Å². The molecule has 1 aliphatic heterocycles. The van der Waals surface area contributed by atoms with E-state index in [-0.39, 0.29) is 11.7 Å². The summed E-state index contributed by atoms with van der Waals surface area (Å²) in [6.45, 7) is 1.64. The Kier molecular flexibility index (Phi) is 3.03. The van der Waals surface area contributed by atoms with E-state index in [1.807, 2.05) is 4.90 Å². The Labute approximate surface area is 95.3 Å². The fourth-order valence-corrected chi connectivity index (χ4v) is 2.88. The van der Waals surface area contributed by atoms with Crippen LogP contribution in [0.25, 0.3) is 0 Å². The quantitative estimate of drug-likeness (QED) is 0.317.